The molecule has 23 heavy (non-hydrogen) atoms. The van der Waals surface area contributed by atoms with E-state index in [1.54, 1.807) is 6.92 Å². The zero-order valence-electron chi connectivity index (χ0n) is 13.3. The number of alkyl halides is 3. The summed E-state index contributed by atoms with van der Waals surface area (Å²) in [6.45, 7) is 5.51. The van der Waals surface area contributed by atoms with E-state index in [4.69, 9.17) is 0 Å². The van der Waals surface area contributed by atoms with Crippen LogP contribution in [0, 0.1) is 0 Å². The Morgan fingerprint density at radius 3 is 2.39 bits per heavy atom. The number of benzene rings is 1. The topological polar surface area (TPSA) is 37.4 Å². The van der Waals surface area contributed by atoms with E-state index in [1.165, 1.54) is 12.1 Å². The van der Waals surface area contributed by atoms with Gasteiger partial charge in [-0.3, -0.25) is 0 Å². The predicted octanol–water partition coefficient (Wildman–Crippen LogP) is 3.32. The zero-order chi connectivity index (χ0) is 17.3. The van der Waals surface area contributed by atoms with Gasteiger partial charge in [-0.15, -0.1) is 0 Å². The third-order valence-corrected chi connectivity index (χ3v) is 6.71. The average Bonchev–Trinajstić information content (AvgIpc) is 2.59. The van der Waals surface area contributed by atoms with E-state index in [0.717, 1.165) is 17.7 Å². The molecule has 0 unspecified atom stereocenters. The van der Waals surface area contributed by atoms with Crippen LogP contribution in [0.2, 0.25) is 0 Å². The average molecular weight is 349 g/mol. The van der Waals surface area contributed by atoms with E-state index >= 15 is 0 Å². The van der Waals surface area contributed by atoms with Crippen molar-refractivity contribution in [2.45, 2.75) is 37.6 Å². The molecule has 130 valence electrons. The first-order valence-corrected chi connectivity index (χ1v) is 9.42. The third-order valence-electron chi connectivity index (χ3n) is 4.50. The summed E-state index contributed by atoms with van der Waals surface area (Å²) >= 11 is 0. The number of hydrogen-bond acceptors (Lipinski definition) is 3. The molecule has 0 spiro atoms. The van der Waals surface area contributed by atoms with E-state index in [1.807, 2.05) is 6.92 Å². The molecule has 0 radical (unpaired) electrons. The van der Waals surface area contributed by atoms with Crippen molar-refractivity contribution < 1.29 is 21.6 Å². The van der Waals surface area contributed by atoms with Crippen LogP contribution in [0.4, 0.5) is 13.2 Å². The summed E-state index contributed by atoms with van der Waals surface area (Å²) < 4.78 is 61.6. The zero-order valence-corrected chi connectivity index (χ0v) is 14.1. The summed E-state index contributed by atoms with van der Waals surface area (Å²) in [5, 5.41) is -0.325. The highest BCUT2D eigenvalue weighted by Crippen LogP contribution is 2.30. The lowest BCUT2D eigenvalue weighted by molar-refractivity contribution is -0.137. The second kappa shape index (κ2) is 6.81. The Kier molecular flexibility index (Phi) is 5.41. The van der Waals surface area contributed by atoms with Gasteiger partial charge in [-0.2, -0.15) is 13.2 Å². The predicted molar refractivity (Wildman–Crippen MR) is 84.2 cm³/mol. The van der Waals surface area contributed by atoms with Gasteiger partial charge in [0, 0.05) is 13.1 Å². The van der Waals surface area contributed by atoms with E-state index in [9.17, 15) is 21.6 Å². The summed E-state index contributed by atoms with van der Waals surface area (Å²) in [6, 6.07) is 5.21. The molecule has 0 aliphatic carbocycles. The van der Waals surface area contributed by atoms with Crippen LogP contribution in [0.3, 0.4) is 0 Å². The van der Waals surface area contributed by atoms with E-state index < -0.39 is 21.6 Å². The van der Waals surface area contributed by atoms with Crippen LogP contribution >= 0.6 is 0 Å². The summed E-state index contributed by atoms with van der Waals surface area (Å²) in [5.41, 5.74) is 0.182. The van der Waals surface area contributed by atoms with Crippen LogP contribution in [-0.2, 0) is 16.0 Å². The minimum atomic E-state index is -4.32. The Hall–Kier alpha value is -1.08. The highest BCUT2D eigenvalue weighted by Gasteiger charge is 2.30. The van der Waals surface area contributed by atoms with Crippen molar-refractivity contribution >= 4 is 9.84 Å². The van der Waals surface area contributed by atoms with Crippen LogP contribution in [0.5, 0.6) is 0 Å². The van der Waals surface area contributed by atoms with E-state index in [-0.39, 0.29) is 16.9 Å². The molecule has 1 aromatic carbocycles. The van der Waals surface area contributed by atoms with Gasteiger partial charge in [0.25, 0.3) is 0 Å². The maximum absolute atomic E-state index is 12.6. The van der Waals surface area contributed by atoms with Crippen molar-refractivity contribution in [2.75, 3.05) is 25.4 Å². The Balaban J connectivity index is 2.00. The van der Waals surface area contributed by atoms with E-state index in [0.29, 0.717) is 26.1 Å². The fourth-order valence-electron chi connectivity index (χ4n) is 2.79. The van der Waals surface area contributed by atoms with Gasteiger partial charge in [0.1, 0.15) is 0 Å². The summed E-state index contributed by atoms with van der Waals surface area (Å²) in [7, 11) is -3.02. The van der Waals surface area contributed by atoms with Crippen molar-refractivity contribution in [2.24, 2.45) is 0 Å². The first-order valence-electron chi connectivity index (χ1n) is 7.70. The number of sulfone groups is 1. The van der Waals surface area contributed by atoms with E-state index in [2.05, 4.69) is 4.90 Å². The van der Waals surface area contributed by atoms with Gasteiger partial charge < -0.3 is 4.90 Å². The molecule has 1 fully saturated rings. The molecule has 1 aromatic rings. The fourth-order valence-corrected chi connectivity index (χ4v) is 4.17. The van der Waals surface area contributed by atoms with Crippen molar-refractivity contribution in [1.29, 1.82) is 0 Å². The van der Waals surface area contributed by atoms with Crippen LogP contribution in [-0.4, -0.2) is 44.0 Å². The maximum Gasteiger partial charge on any atom is 0.416 e. The second-order valence-electron chi connectivity index (χ2n) is 6.29. The van der Waals surface area contributed by atoms with Gasteiger partial charge in [0.05, 0.1) is 16.6 Å². The lowest BCUT2D eigenvalue weighted by atomic mass is 9.99. The molecule has 0 saturated carbocycles. The molecule has 2 atom stereocenters. The first kappa shape index (κ1) is 18.3. The molecule has 3 nitrogen and oxygen atoms in total. The summed E-state index contributed by atoms with van der Waals surface area (Å²) in [5.74, 6) is 0.196. The van der Waals surface area contributed by atoms with Crippen LogP contribution in [0.25, 0.3) is 0 Å². The Morgan fingerprint density at radius 2 is 1.83 bits per heavy atom. The lowest BCUT2D eigenvalue weighted by Gasteiger charge is -2.24. The van der Waals surface area contributed by atoms with Crippen LogP contribution in [0.1, 0.15) is 37.3 Å². The number of halogens is 3. The SMILES string of the molecule is C[C@@H](CN1CC[C@H](C)S(=O)(=O)CC1)c1ccc(C(F)(F)F)cc1. The number of hydrogen-bond donors (Lipinski definition) is 0. The van der Waals surface area contributed by atoms with Crippen molar-refractivity contribution in [3.05, 3.63) is 35.4 Å². The quantitative estimate of drug-likeness (QED) is 0.840. The first-order chi connectivity index (χ1) is 10.6. The Bertz CT molecular complexity index is 626. The maximum atomic E-state index is 12.6. The molecule has 1 saturated heterocycles. The smallest absolute Gasteiger partial charge is 0.302 e. The number of rotatable bonds is 3. The normalized spacial score (nSPS) is 24.1. The minimum absolute atomic E-state index is 0.0494. The molecular formula is C16H22F3NO2S. The molecule has 0 aromatic heterocycles. The largest absolute Gasteiger partial charge is 0.416 e. The molecule has 0 amide bonds. The van der Waals surface area contributed by atoms with Gasteiger partial charge in [-0.1, -0.05) is 19.1 Å². The van der Waals surface area contributed by atoms with Crippen molar-refractivity contribution in [3.8, 4) is 0 Å². The second-order valence-corrected chi connectivity index (χ2v) is 8.83. The molecule has 1 aliphatic rings. The van der Waals surface area contributed by atoms with Crippen LogP contribution < -0.4 is 0 Å². The van der Waals surface area contributed by atoms with Gasteiger partial charge >= 0.3 is 6.18 Å². The molecule has 1 heterocycles. The van der Waals surface area contributed by atoms with Gasteiger partial charge in [-0.25, -0.2) is 8.42 Å². The lowest BCUT2D eigenvalue weighted by Crippen LogP contribution is -2.30. The highest BCUT2D eigenvalue weighted by molar-refractivity contribution is 7.92. The van der Waals surface area contributed by atoms with Crippen molar-refractivity contribution in [1.82, 2.24) is 4.90 Å². The third kappa shape index (κ3) is 4.70. The molecule has 0 N–H and O–H groups in total. The van der Waals surface area contributed by atoms with Crippen LogP contribution in [0.15, 0.2) is 24.3 Å². The van der Waals surface area contributed by atoms with Crippen molar-refractivity contribution in [3.63, 3.8) is 0 Å². The molecular weight excluding hydrogens is 327 g/mol. The minimum Gasteiger partial charge on any atom is -0.302 e. The fraction of sp³-hybridized carbons (Fsp3) is 0.625. The molecule has 0 bridgehead atoms. The summed E-state index contributed by atoms with van der Waals surface area (Å²) in [4.78, 5) is 2.09. The molecule has 2 rings (SSSR count). The Morgan fingerprint density at radius 1 is 1.22 bits per heavy atom. The molecule has 1 aliphatic heterocycles. The molecule has 7 heteroatoms. The summed E-state index contributed by atoms with van der Waals surface area (Å²) in [6.07, 6.45) is -3.72. The van der Waals surface area contributed by atoms with Gasteiger partial charge in [0.2, 0.25) is 0 Å². The Labute approximate surface area is 135 Å². The monoisotopic (exact) mass is 349 g/mol. The van der Waals surface area contributed by atoms with Gasteiger partial charge in [-0.05, 0) is 43.5 Å². The standard InChI is InChI=1S/C16H22F3NO2S/c1-12(14-3-5-15(6-4-14)16(17,18)19)11-20-8-7-13(2)23(21,22)10-9-20/h3-6,12-13H,7-11H2,1-2H3/t12-,13-/m0/s1. The highest BCUT2D eigenvalue weighted by atomic mass is 32.2. The number of nitrogens with zero attached hydrogens (tertiary/aromatic N) is 1. The van der Waals surface area contributed by atoms with Gasteiger partial charge in [0.15, 0.2) is 9.84 Å².